The number of halogens is 2. The molecule has 2 aliphatic rings. The first-order valence-electron chi connectivity index (χ1n) is 8.46. The van der Waals surface area contributed by atoms with Gasteiger partial charge in [0.1, 0.15) is 5.04 Å². The molecule has 3 rings (SSSR count). The van der Waals surface area contributed by atoms with Crippen LogP contribution in [-0.2, 0) is 4.79 Å². The van der Waals surface area contributed by atoms with E-state index in [0.717, 1.165) is 30.7 Å². The van der Waals surface area contributed by atoms with E-state index in [-0.39, 0.29) is 11.4 Å². The van der Waals surface area contributed by atoms with Crippen LogP contribution in [-0.4, -0.2) is 34.1 Å². The number of nitrogens with one attached hydrogen (secondary N) is 1. The Hall–Kier alpha value is -1.83. The van der Waals surface area contributed by atoms with Gasteiger partial charge in [-0.15, -0.1) is 0 Å². The van der Waals surface area contributed by atoms with Crippen molar-refractivity contribution >= 4 is 63.0 Å². The predicted molar refractivity (Wildman–Crippen MR) is 112 cm³/mol. The third-order valence-corrected chi connectivity index (χ3v) is 5.56. The van der Waals surface area contributed by atoms with Crippen molar-refractivity contribution in [2.24, 2.45) is 10.1 Å². The number of methoxy groups -OCH3 is 1. The molecule has 0 spiro atoms. The van der Waals surface area contributed by atoms with Crippen molar-refractivity contribution in [1.29, 1.82) is 5.41 Å². The Morgan fingerprint density at radius 1 is 1.30 bits per heavy atom. The van der Waals surface area contributed by atoms with Gasteiger partial charge in [0, 0.05) is 0 Å². The monoisotopic (exact) mass is 424 g/mol. The second-order valence-corrected chi connectivity index (χ2v) is 7.84. The lowest BCUT2D eigenvalue weighted by Gasteiger charge is -2.20. The molecular formula is C18H18Cl2N4O2S. The number of ether oxygens (including phenoxy) is 1. The van der Waals surface area contributed by atoms with E-state index < -0.39 is 5.91 Å². The van der Waals surface area contributed by atoms with Crippen LogP contribution in [0.4, 0.5) is 0 Å². The first kappa shape index (κ1) is 19.9. The van der Waals surface area contributed by atoms with Crippen molar-refractivity contribution in [2.45, 2.75) is 32.6 Å². The number of rotatable bonds is 6. The van der Waals surface area contributed by atoms with Crippen molar-refractivity contribution in [3.05, 3.63) is 33.3 Å². The van der Waals surface area contributed by atoms with E-state index in [1.165, 1.54) is 30.0 Å². The Labute approximate surface area is 171 Å². The van der Waals surface area contributed by atoms with E-state index in [0.29, 0.717) is 26.5 Å². The van der Waals surface area contributed by atoms with Crippen molar-refractivity contribution in [1.82, 2.24) is 5.01 Å². The Balaban J connectivity index is 1.88. The number of fused-ring (bicyclic) bond motifs is 1. The summed E-state index contributed by atoms with van der Waals surface area (Å²) in [7, 11) is 1.48. The van der Waals surface area contributed by atoms with Crippen LogP contribution in [0, 0.1) is 5.41 Å². The fourth-order valence-electron chi connectivity index (χ4n) is 2.68. The van der Waals surface area contributed by atoms with Gasteiger partial charge in [-0.2, -0.15) is 15.1 Å². The van der Waals surface area contributed by atoms with Gasteiger partial charge in [0.15, 0.2) is 11.6 Å². The fourth-order valence-corrected chi connectivity index (χ4v) is 4.27. The van der Waals surface area contributed by atoms with Gasteiger partial charge in [-0.3, -0.25) is 10.2 Å². The first-order chi connectivity index (χ1) is 12.9. The Morgan fingerprint density at radius 2 is 2.00 bits per heavy atom. The van der Waals surface area contributed by atoms with E-state index in [1.54, 1.807) is 12.1 Å². The number of hydrogen-bond acceptors (Lipinski definition) is 5. The van der Waals surface area contributed by atoms with E-state index in [9.17, 15) is 4.79 Å². The number of hydrazone groups is 1. The highest BCUT2D eigenvalue weighted by atomic mass is 35.5. The molecule has 6 nitrogen and oxygen atoms in total. The van der Waals surface area contributed by atoms with E-state index in [1.807, 2.05) is 0 Å². The van der Waals surface area contributed by atoms with Crippen LogP contribution in [0.2, 0.25) is 10.0 Å². The van der Waals surface area contributed by atoms with Gasteiger partial charge in [-0.1, -0.05) is 43.0 Å². The average molecular weight is 425 g/mol. The number of benzene rings is 1. The number of carbonyl (C=O) groups is 1. The number of unbranched alkanes of at least 4 members (excludes halogenated alkanes) is 2. The molecule has 0 aromatic heterocycles. The zero-order valence-electron chi connectivity index (χ0n) is 14.9. The first-order valence-corrected chi connectivity index (χ1v) is 10.0. The molecule has 27 heavy (non-hydrogen) atoms. The lowest BCUT2D eigenvalue weighted by atomic mass is 10.1. The lowest BCUT2D eigenvalue weighted by Crippen LogP contribution is -2.35. The summed E-state index contributed by atoms with van der Waals surface area (Å²) >= 11 is 13.7. The molecule has 0 saturated heterocycles. The SMILES string of the molecule is CCCCCC1=NN2C(=N)C(=Cc3cc(Cl)c(OC)c(Cl)c3)C(=O)N=C2S1. The summed E-state index contributed by atoms with van der Waals surface area (Å²) in [6.45, 7) is 2.14. The molecule has 2 aliphatic heterocycles. The minimum atomic E-state index is -0.480. The van der Waals surface area contributed by atoms with Crippen LogP contribution in [0.15, 0.2) is 27.8 Å². The average Bonchev–Trinajstić information content (AvgIpc) is 3.01. The number of amides is 1. The summed E-state index contributed by atoms with van der Waals surface area (Å²) < 4.78 is 5.13. The van der Waals surface area contributed by atoms with E-state index >= 15 is 0 Å². The van der Waals surface area contributed by atoms with Gasteiger partial charge < -0.3 is 4.74 Å². The van der Waals surface area contributed by atoms with Crippen LogP contribution < -0.4 is 4.74 Å². The lowest BCUT2D eigenvalue weighted by molar-refractivity contribution is -0.114. The Kier molecular flexibility index (Phi) is 6.24. The zero-order chi connectivity index (χ0) is 19.6. The number of carbonyl (C=O) groups excluding carboxylic acids is 1. The number of aliphatic imine (C=N–C) groups is 1. The quantitative estimate of drug-likeness (QED) is 0.502. The molecule has 0 fully saturated rings. The molecule has 0 unspecified atom stereocenters. The molecule has 0 atom stereocenters. The zero-order valence-corrected chi connectivity index (χ0v) is 17.2. The molecule has 1 N–H and O–H groups in total. The summed E-state index contributed by atoms with van der Waals surface area (Å²) in [5.74, 6) is -0.124. The second kappa shape index (κ2) is 8.46. The highest BCUT2D eigenvalue weighted by molar-refractivity contribution is 8.26. The maximum Gasteiger partial charge on any atom is 0.283 e. The van der Waals surface area contributed by atoms with Crippen molar-refractivity contribution in [2.75, 3.05) is 7.11 Å². The van der Waals surface area contributed by atoms with Gasteiger partial charge in [-0.05, 0) is 48.4 Å². The van der Waals surface area contributed by atoms with Crippen LogP contribution in [0.1, 0.15) is 38.2 Å². The largest absolute Gasteiger partial charge is 0.494 e. The van der Waals surface area contributed by atoms with Crippen LogP contribution in [0.25, 0.3) is 6.08 Å². The maximum atomic E-state index is 12.4. The van der Waals surface area contributed by atoms with Crippen LogP contribution >= 0.6 is 35.0 Å². The topological polar surface area (TPSA) is 78.1 Å². The molecule has 0 aliphatic carbocycles. The minimum absolute atomic E-state index is 0.00828. The molecule has 142 valence electrons. The Bertz CT molecular complexity index is 872. The highest BCUT2D eigenvalue weighted by Crippen LogP contribution is 2.35. The van der Waals surface area contributed by atoms with E-state index in [2.05, 4.69) is 17.0 Å². The highest BCUT2D eigenvalue weighted by Gasteiger charge is 2.35. The maximum absolute atomic E-state index is 12.4. The molecule has 2 heterocycles. The summed E-state index contributed by atoms with van der Waals surface area (Å²) in [4.78, 5) is 16.5. The van der Waals surface area contributed by atoms with E-state index in [4.69, 9.17) is 33.3 Å². The van der Waals surface area contributed by atoms with Crippen LogP contribution in [0.3, 0.4) is 0 Å². The third-order valence-electron chi connectivity index (χ3n) is 4.03. The molecule has 9 heteroatoms. The standard InChI is InChI=1S/C18H18Cl2N4O2S/c1-3-4-5-6-14-23-24-16(21)11(17(25)22-18(24)27-14)7-10-8-12(19)15(26-2)13(20)9-10/h7-9,21H,3-6H2,1-2H3. The fraction of sp³-hybridized carbons (Fsp3) is 0.333. The number of amidine groups is 2. The molecule has 0 radical (unpaired) electrons. The van der Waals surface area contributed by atoms with Gasteiger partial charge in [0.05, 0.1) is 22.7 Å². The second-order valence-electron chi connectivity index (χ2n) is 5.99. The van der Waals surface area contributed by atoms with Gasteiger partial charge in [-0.25, -0.2) is 0 Å². The van der Waals surface area contributed by atoms with Gasteiger partial charge in [0.25, 0.3) is 5.91 Å². The summed E-state index contributed by atoms with van der Waals surface area (Å²) in [6.07, 6.45) is 5.62. The number of thioether (sulfide) groups is 1. The molecule has 1 aromatic rings. The third kappa shape index (κ3) is 4.20. The molecule has 0 saturated carbocycles. The number of hydrogen-bond donors (Lipinski definition) is 1. The van der Waals surface area contributed by atoms with Crippen molar-refractivity contribution in [3.63, 3.8) is 0 Å². The molecular weight excluding hydrogens is 407 g/mol. The number of nitrogens with zero attached hydrogens (tertiary/aromatic N) is 3. The molecule has 1 amide bonds. The summed E-state index contributed by atoms with van der Waals surface area (Å²) in [5.41, 5.74) is 0.715. The van der Waals surface area contributed by atoms with Gasteiger partial charge >= 0.3 is 0 Å². The molecule has 1 aromatic carbocycles. The summed E-state index contributed by atoms with van der Waals surface area (Å²) in [6, 6.07) is 3.24. The minimum Gasteiger partial charge on any atom is -0.494 e. The van der Waals surface area contributed by atoms with Crippen LogP contribution in [0.5, 0.6) is 5.75 Å². The predicted octanol–water partition coefficient (Wildman–Crippen LogP) is 5.20. The Morgan fingerprint density at radius 3 is 2.63 bits per heavy atom. The smallest absolute Gasteiger partial charge is 0.283 e. The van der Waals surface area contributed by atoms with Gasteiger partial charge in [0.2, 0.25) is 5.17 Å². The molecule has 0 bridgehead atoms. The van der Waals surface area contributed by atoms with Crippen molar-refractivity contribution < 1.29 is 9.53 Å². The van der Waals surface area contributed by atoms with Crippen molar-refractivity contribution in [3.8, 4) is 5.75 Å². The summed E-state index contributed by atoms with van der Waals surface area (Å²) in [5, 5.41) is 16.2. The normalized spacial score (nSPS) is 17.9.